The molecule has 65 heavy (non-hydrogen) atoms. The summed E-state index contributed by atoms with van der Waals surface area (Å²) in [5.74, 6) is -1.00. The third-order valence-corrected chi connectivity index (χ3v) is 11.4. The standard InChI is InChI=1S/C59H100O6/c1-4-7-10-13-16-19-22-25-27-28-29-30-32-34-37-40-43-46-49-52-58(61)64-55-56(54-63-57(60)51-48-45-42-39-36-33-24-21-18-15-12-9-6-3)65-59(62)53-50-47-44-41-38-35-31-26-23-20-17-14-11-8-5-2/h16-17,19-20,25-27,29-31,34,37,43,46,56H,4-15,18,21-24,28,32-33,35-36,38-42,44-45,47-55H2,1-3H3/b19-16-,20-17-,27-25-,30-29-,31-26-,37-34-,46-43-/t56-/m0/s1. The van der Waals surface area contributed by atoms with Crippen LogP contribution < -0.4 is 0 Å². The molecular formula is C59H100O6. The number of unbranched alkanes of at least 4 members (excludes halogenated alkanes) is 23. The van der Waals surface area contributed by atoms with E-state index in [0.29, 0.717) is 19.3 Å². The molecule has 0 amide bonds. The van der Waals surface area contributed by atoms with Crippen molar-refractivity contribution in [3.63, 3.8) is 0 Å². The Labute approximate surface area is 401 Å². The van der Waals surface area contributed by atoms with Crippen LogP contribution in [0.2, 0.25) is 0 Å². The number of esters is 3. The number of ether oxygens (including phenoxy) is 3. The van der Waals surface area contributed by atoms with E-state index in [-0.39, 0.29) is 37.5 Å². The summed E-state index contributed by atoms with van der Waals surface area (Å²) in [6.07, 6.45) is 68.6. The van der Waals surface area contributed by atoms with Gasteiger partial charge in [0.05, 0.1) is 0 Å². The van der Waals surface area contributed by atoms with Crippen LogP contribution in [-0.4, -0.2) is 37.2 Å². The lowest BCUT2D eigenvalue weighted by atomic mass is 10.0. The van der Waals surface area contributed by atoms with Crippen molar-refractivity contribution in [2.45, 2.75) is 258 Å². The Balaban J connectivity index is 4.51. The minimum absolute atomic E-state index is 0.104. The molecule has 0 saturated carbocycles. The molecule has 0 aliphatic rings. The molecule has 0 aromatic heterocycles. The van der Waals surface area contributed by atoms with Gasteiger partial charge in [0.25, 0.3) is 0 Å². The molecule has 0 radical (unpaired) electrons. The molecule has 0 heterocycles. The summed E-state index contributed by atoms with van der Waals surface area (Å²) >= 11 is 0. The number of carbonyl (C=O) groups excluding carboxylic acids is 3. The van der Waals surface area contributed by atoms with E-state index in [9.17, 15) is 14.4 Å². The van der Waals surface area contributed by atoms with Crippen LogP contribution in [0.4, 0.5) is 0 Å². The molecule has 0 saturated heterocycles. The minimum Gasteiger partial charge on any atom is -0.462 e. The summed E-state index contributed by atoms with van der Waals surface area (Å²) in [6.45, 7) is 6.51. The summed E-state index contributed by atoms with van der Waals surface area (Å²) in [4.78, 5) is 38.0. The number of hydrogen-bond acceptors (Lipinski definition) is 6. The molecule has 0 aromatic rings. The summed E-state index contributed by atoms with van der Waals surface area (Å²) in [5, 5.41) is 0. The number of allylic oxidation sites excluding steroid dienone is 14. The fraction of sp³-hybridized carbons (Fsp3) is 0.712. The molecule has 0 aliphatic carbocycles. The molecule has 0 spiro atoms. The first-order valence-electron chi connectivity index (χ1n) is 27.1. The van der Waals surface area contributed by atoms with Crippen molar-refractivity contribution < 1.29 is 28.6 Å². The van der Waals surface area contributed by atoms with Gasteiger partial charge < -0.3 is 14.2 Å². The van der Waals surface area contributed by atoms with Gasteiger partial charge in [-0.05, 0) is 89.9 Å². The Kier molecular flexibility index (Phi) is 50.4. The fourth-order valence-corrected chi connectivity index (χ4v) is 7.28. The van der Waals surface area contributed by atoms with Crippen LogP contribution in [0, 0.1) is 0 Å². The lowest BCUT2D eigenvalue weighted by Crippen LogP contribution is -2.30. The van der Waals surface area contributed by atoms with Crippen LogP contribution in [-0.2, 0) is 28.6 Å². The van der Waals surface area contributed by atoms with E-state index in [1.165, 1.54) is 116 Å². The lowest BCUT2D eigenvalue weighted by Gasteiger charge is -2.18. The summed E-state index contributed by atoms with van der Waals surface area (Å²) in [6, 6.07) is 0. The summed E-state index contributed by atoms with van der Waals surface area (Å²) in [5.41, 5.74) is 0. The smallest absolute Gasteiger partial charge is 0.306 e. The van der Waals surface area contributed by atoms with E-state index < -0.39 is 6.10 Å². The SMILES string of the molecule is CCCCC/C=C\C/C=C\C/C=C\C/C=C\C/C=C\CCC(=O)OC[C@H](COC(=O)CCCCCCCCCCCCCCC)OC(=O)CCCCCCC/C=C\C/C=C\CCCCC. The zero-order chi connectivity index (χ0) is 47.2. The Bertz CT molecular complexity index is 1270. The zero-order valence-corrected chi connectivity index (χ0v) is 42.5. The predicted octanol–water partition coefficient (Wildman–Crippen LogP) is 18.0. The van der Waals surface area contributed by atoms with Crippen LogP contribution >= 0.6 is 0 Å². The Morgan fingerprint density at radius 2 is 0.585 bits per heavy atom. The largest absolute Gasteiger partial charge is 0.462 e. The predicted molar refractivity (Wildman–Crippen MR) is 279 cm³/mol. The maximum absolute atomic E-state index is 12.8. The molecule has 6 heteroatoms. The van der Waals surface area contributed by atoms with E-state index in [1.807, 2.05) is 6.08 Å². The van der Waals surface area contributed by atoms with E-state index in [4.69, 9.17) is 14.2 Å². The summed E-state index contributed by atoms with van der Waals surface area (Å²) in [7, 11) is 0. The first kappa shape index (κ1) is 61.6. The topological polar surface area (TPSA) is 78.9 Å². The molecule has 6 nitrogen and oxygen atoms in total. The van der Waals surface area contributed by atoms with Gasteiger partial charge in [0.1, 0.15) is 13.2 Å². The second-order valence-electron chi connectivity index (χ2n) is 17.8. The third-order valence-electron chi connectivity index (χ3n) is 11.4. The van der Waals surface area contributed by atoms with Gasteiger partial charge >= 0.3 is 17.9 Å². The number of carbonyl (C=O) groups is 3. The average Bonchev–Trinajstić information content (AvgIpc) is 3.30. The van der Waals surface area contributed by atoms with Gasteiger partial charge in [-0.1, -0.05) is 228 Å². The van der Waals surface area contributed by atoms with Crippen LogP contribution in [0.5, 0.6) is 0 Å². The highest BCUT2D eigenvalue weighted by Gasteiger charge is 2.19. The molecule has 0 bridgehead atoms. The van der Waals surface area contributed by atoms with Crippen molar-refractivity contribution in [1.82, 2.24) is 0 Å². The first-order chi connectivity index (χ1) is 32.0. The van der Waals surface area contributed by atoms with E-state index in [2.05, 4.69) is 99.8 Å². The van der Waals surface area contributed by atoms with E-state index in [0.717, 1.165) is 89.9 Å². The van der Waals surface area contributed by atoms with Crippen LogP contribution in [0.25, 0.3) is 0 Å². The highest BCUT2D eigenvalue weighted by atomic mass is 16.6. The molecule has 0 aliphatic heterocycles. The molecule has 372 valence electrons. The van der Waals surface area contributed by atoms with Crippen molar-refractivity contribution in [1.29, 1.82) is 0 Å². The van der Waals surface area contributed by atoms with Crippen molar-refractivity contribution >= 4 is 17.9 Å². The molecule has 0 unspecified atom stereocenters. The lowest BCUT2D eigenvalue weighted by molar-refractivity contribution is -0.166. The first-order valence-corrected chi connectivity index (χ1v) is 27.1. The second kappa shape index (κ2) is 53.2. The Morgan fingerprint density at radius 3 is 0.985 bits per heavy atom. The van der Waals surface area contributed by atoms with Gasteiger partial charge in [0.15, 0.2) is 6.10 Å². The van der Waals surface area contributed by atoms with Gasteiger partial charge in [0.2, 0.25) is 0 Å². The van der Waals surface area contributed by atoms with Gasteiger partial charge in [-0.2, -0.15) is 0 Å². The Morgan fingerprint density at radius 1 is 0.308 bits per heavy atom. The van der Waals surface area contributed by atoms with Crippen molar-refractivity contribution in [3.8, 4) is 0 Å². The highest BCUT2D eigenvalue weighted by Crippen LogP contribution is 2.14. The Hall–Kier alpha value is -3.41. The molecule has 0 N–H and O–H groups in total. The molecule has 0 rings (SSSR count). The number of hydrogen-bond donors (Lipinski definition) is 0. The fourth-order valence-electron chi connectivity index (χ4n) is 7.28. The third kappa shape index (κ3) is 51.4. The quantitative estimate of drug-likeness (QED) is 0.0262. The van der Waals surface area contributed by atoms with Crippen LogP contribution in [0.3, 0.4) is 0 Å². The monoisotopic (exact) mass is 905 g/mol. The highest BCUT2D eigenvalue weighted by molar-refractivity contribution is 5.71. The van der Waals surface area contributed by atoms with Crippen molar-refractivity contribution in [2.75, 3.05) is 13.2 Å². The van der Waals surface area contributed by atoms with Gasteiger partial charge in [0, 0.05) is 19.3 Å². The van der Waals surface area contributed by atoms with E-state index in [1.54, 1.807) is 0 Å². The number of rotatable bonds is 48. The molecule has 0 aromatic carbocycles. The van der Waals surface area contributed by atoms with Gasteiger partial charge in [-0.25, -0.2) is 0 Å². The maximum Gasteiger partial charge on any atom is 0.306 e. The van der Waals surface area contributed by atoms with Crippen molar-refractivity contribution in [2.24, 2.45) is 0 Å². The minimum atomic E-state index is -0.812. The maximum atomic E-state index is 12.8. The zero-order valence-electron chi connectivity index (χ0n) is 42.5. The van der Waals surface area contributed by atoms with Crippen LogP contribution in [0.15, 0.2) is 85.1 Å². The second-order valence-corrected chi connectivity index (χ2v) is 17.8. The van der Waals surface area contributed by atoms with E-state index >= 15 is 0 Å². The van der Waals surface area contributed by atoms with Gasteiger partial charge in [-0.3, -0.25) is 14.4 Å². The molecule has 1 atom stereocenters. The van der Waals surface area contributed by atoms with Gasteiger partial charge in [-0.15, -0.1) is 0 Å². The normalized spacial score (nSPS) is 12.7. The van der Waals surface area contributed by atoms with Crippen LogP contribution in [0.1, 0.15) is 252 Å². The molecular weight excluding hydrogens is 805 g/mol. The summed E-state index contributed by atoms with van der Waals surface area (Å²) < 4.78 is 16.7. The molecule has 0 fully saturated rings. The average molecular weight is 905 g/mol. The van der Waals surface area contributed by atoms with Crippen molar-refractivity contribution in [3.05, 3.63) is 85.1 Å².